The number of ether oxygens (including phenoxy) is 1. The summed E-state index contributed by atoms with van der Waals surface area (Å²) in [6.45, 7) is 3.36. The Morgan fingerprint density at radius 3 is 1.80 bits per heavy atom. The highest BCUT2D eigenvalue weighted by Gasteiger charge is 2.17. The van der Waals surface area contributed by atoms with Crippen molar-refractivity contribution in [3.05, 3.63) is 48.8 Å². The van der Waals surface area contributed by atoms with Crippen LogP contribution in [0.4, 0.5) is 0 Å². The molecule has 1 unspecified atom stereocenters. The average Bonchev–Trinajstić information content (AvgIpc) is 3.45. The van der Waals surface area contributed by atoms with Crippen molar-refractivity contribution in [1.82, 2.24) is 19.9 Å². The van der Waals surface area contributed by atoms with Gasteiger partial charge in [0.1, 0.15) is 5.69 Å². The Morgan fingerprint density at radius 2 is 1.27 bits per heavy atom. The Morgan fingerprint density at radius 1 is 0.732 bits per heavy atom. The maximum atomic E-state index is 10.4. The van der Waals surface area contributed by atoms with Crippen LogP contribution in [0.3, 0.4) is 0 Å². The van der Waals surface area contributed by atoms with Crippen LogP contribution in [0.15, 0.2) is 53.9 Å². The number of aliphatic hydroxyl groups is 1. The molecule has 7 heteroatoms. The van der Waals surface area contributed by atoms with Gasteiger partial charge in [-0.05, 0) is 30.7 Å². The fraction of sp³-hybridized carbons (Fsp3) is 0.618. The van der Waals surface area contributed by atoms with E-state index >= 15 is 0 Å². The van der Waals surface area contributed by atoms with E-state index in [2.05, 4.69) is 21.9 Å². The summed E-state index contributed by atoms with van der Waals surface area (Å²) in [5.41, 5.74) is 3.20. The number of nitrogens with one attached hydrogen (secondary N) is 1. The Hall–Kier alpha value is -2.22. The normalized spacial score (nSPS) is 12.1. The second-order valence-corrected chi connectivity index (χ2v) is 12.0. The molecule has 0 aliphatic rings. The van der Waals surface area contributed by atoms with Gasteiger partial charge in [0.05, 0.1) is 29.8 Å². The van der Waals surface area contributed by atoms with Crippen LogP contribution in [-0.4, -0.2) is 50.1 Å². The number of unbranched alkanes of at least 4 members (excludes halogenated alkanes) is 15. The molecule has 0 aliphatic carbocycles. The summed E-state index contributed by atoms with van der Waals surface area (Å²) in [4.78, 5) is 17.1. The molecule has 3 heterocycles. The van der Waals surface area contributed by atoms with E-state index in [1.165, 1.54) is 108 Å². The lowest BCUT2D eigenvalue weighted by atomic mass is 10.0. The molecule has 0 radical (unpaired) electrons. The van der Waals surface area contributed by atoms with Crippen LogP contribution in [0.2, 0.25) is 0 Å². The van der Waals surface area contributed by atoms with E-state index < -0.39 is 6.10 Å². The number of pyridine rings is 2. The standard InChI is InChI=1S/C34H52N4O2S/c1-2-3-4-5-6-7-8-9-10-11-12-13-14-15-16-21-26-40-27-29(39)28-41-34-37-32(30-22-17-19-24-35-30)33(38-34)31-23-18-20-25-36-31/h17-20,22-25,29,39H,2-16,21,26-28H2,1H3,(H,37,38). The molecule has 226 valence electrons. The van der Waals surface area contributed by atoms with Gasteiger partial charge in [0.15, 0.2) is 5.16 Å². The number of aliphatic hydroxyl groups excluding tert-OH is 1. The second kappa shape index (κ2) is 21.5. The summed E-state index contributed by atoms with van der Waals surface area (Å²) in [7, 11) is 0. The first-order valence-electron chi connectivity index (χ1n) is 16.1. The molecule has 3 rings (SSSR count). The molecule has 6 nitrogen and oxygen atoms in total. The molecule has 2 N–H and O–H groups in total. The maximum Gasteiger partial charge on any atom is 0.166 e. The van der Waals surface area contributed by atoms with Gasteiger partial charge in [0.2, 0.25) is 0 Å². The first kappa shape index (κ1) is 33.3. The van der Waals surface area contributed by atoms with Crippen LogP contribution in [-0.2, 0) is 4.74 Å². The molecule has 1 atom stereocenters. The molecular formula is C34H52N4O2S. The Bertz CT molecular complexity index is 975. The number of rotatable bonds is 24. The molecule has 0 saturated carbocycles. The highest BCUT2D eigenvalue weighted by atomic mass is 32.2. The summed E-state index contributed by atoms with van der Waals surface area (Å²) < 4.78 is 5.76. The molecule has 0 saturated heterocycles. The van der Waals surface area contributed by atoms with Crippen LogP contribution in [0.25, 0.3) is 22.8 Å². The van der Waals surface area contributed by atoms with E-state index in [1.807, 2.05) is 36.4 Å². The molecule has 0 fully saturated rings. The van der Waals surface area contributed by atoms with Gasteiger partial charge in [-0.25, -0.2) is 4.98 Å². The monoisotopic (exact) mass is 580 g/mol. The quantitative estimate of drug-likeness (QED) is 0.0811. The van der Waals surface area contributed by atoms with Crippen molar-refractivity contribution < 1.29 is 9.84 Å². The van der Waals surface area contributed by atoms with E-state index in [4.69, 9.17) is 9.72 Å². The molecule has 0 bridgehead atoms. The highest BCUT2D eigenvalue weighted by molar-refractivity contribution is 7.99. The number of aromatic nitrogens is 4. The van der Waals surface area contributed by atoms with Crippen molar-refractivity contribution in [2.75, 3.05) is 19.0 Å². The average molecular weight is 581 g/mol. The Balaban J connectivity index is 1.19. The number of thioether (sulfide) groups is 1. The van der Waals surface area contributed by atoms with Gasteiger partial charge in [0.25, 0.3) is 0 Å². The minimum atomic E-state index is -0.539. The maximum absolute atomic E-state index is 10.4. The third kappa shape index (κ3) is 14.0. The predicted octanol–water partition coefficient (Wildman–Crippen LogP) is 9.26. The molecule has 0 spiro atoms. The molecule has 0 aromatic carbocycles. The van der Waals surface area contributed by atoms with Crippen molar-refractivity contribution >= 4 is 11.8 Å². The van der Waals surface area contributed by atoms with E-state index in [-0.39, 0.29) is 0 Å². The molecular weight excluding hydrogens is 528 g/mol. The van der Waals surface area contributed by atoms with Crippen LogP contribution >= 0.6 is 11.8 Å². The first-order valence-corrected chi connectivity index (χ1v) is 17.1. The number of aromatic amines is 1. The summed E-state index contributed by atoms with van der Waals surface area (Å²) in [6, 6.07) is 11.6. The summed E-state index contributed by atoms with van der Waals surface area (Å²) in [5, 5.41) is 11.2. The van der Waals surface area contributed by atoms with Gasteiger partial charge >= 0.3 is 0 Å². The van der Waals surface area contributed by atoms with E-state index in [9.17, 15) is 5.11 Å². The summed E-state index contributed by atoms with van der Waals surface area (Å²) in [5.74, 6) is 0.510. The van der Waals surface area contributed by atoms with Gasteiger partial charge in [-0.15, -0.1) is 0 Å². The Labute approximate surface area is 252 Å². The fourth-order valence-corrected chi connectivity index (χ4v) is 5.78. The zero-order chi connectivity index (χ0) is 28.8. The molecule has 41 heavy (non-hydrogen) atoms. The van der Waals surface area contributed by atoms with E-state index in [1.54, 1.807) is 12.4 Å². The van der Waals surface area contributed by atoms with Crippen molar-refractivity contribution in [3.8, 4) is 22.8 Å². The van der Waals surface area contributed by atoms with Gasteiger partial charge in [-0.2, -0.15) is 0 Å². The fourth-order valence-electron chi connectivity index (χ4n) is 5.00. The van der Waals surface area contributed by atoms with Gasteiger partial charge < -0.3 is 14.8 Å². The molecule has 0 amide bonds. The molecule has 3 aromatic rings. The Kier molecular flexibility index (Phi) is 17.4. The van der Waals surface area contributed by atoms with Crippen LogP contribution in [0.1, 0.15) is 110 Å². The second-order valence-electron chi connectivity index (χ2n) is 11.0. The largest absolute Gasteiger partial charge is 0.390 e. The zero-order valence-corrected chi connectivity index (χ0v) is 26.1. The van der Waals surface area contributed by atoms with Crippen LogP contribution in [0.5, 0.6) is 0 Å². The number of nitrogens with zero attached hydrogens (tertiary/aromatic N) is 3. The van der Waals surface area contributed by atoms with Crippen molar-refractivity contribution in [3.63, 3.8) is 0 Å². The van der Waals surface area contributed by atoms with Gasteiger partial charge in [-0.1, -0.05) is 127 Å². The van der Waals surface area contributed by atoms with Crippen molar-refractivity contribution in [2.45, 2.75) is 121 Å². The minimum Gasteiger partial charge on any atom is -0.390 e. The topological polar surface area (TPSA) is 83.9 Å². The minimum absolute atomic E-state index is 0.354. The van der Waals surface area contributed by atoms with E-state index in [0.717, 1.165) is 34.4 Å². The van der Waals surface area contributed by atoms with Gasteiger partial charge in [0, 0.05) is 24.8 Å². The van der Waals surface area contributed by atoms with Crippen molar-refractivity contribution in [2.24, 2.45) is 0 Å². The smallest absolute Gasteiger partial charge is 0.166 e. The number of hydrogen-bond donors (Lipinski definition) is 2. The lowest BCUT2D eigenvalue weighted by Gasteiger charge is -2.10. The number of imidazole rings is 1. The predicted molar refractivity (Wildman–Crippen MR) is 172 cm³/mol. The third-order valence-corrected chi connectivity index (χ3v) is 8.39. The lowest BCUT2D eigenvalue weighted by molar-refractivity contribution is 0.0467. The SMILES string of the molecule is CCCCCCCCCCCCCCCCCCOCC(O)CSc1nc(-c2ccccn2)c(-c2ccccn2)[nH]1. The number of hydrogen-bond acceptors (Lipinski definition) is 6. The highest BCUT2D eigenvalue weighted by Crippen LogP contribution is 2.30. The van der Waals surface area contributed by atoms with Crippen molar-refractivity contribution in [1.29, 1.82) is 0 Å². The first-order chi connectivity index (χ1) is 20.3. The molecule has 3 aromatic heterocycles. The van der Waals surface area contributed by atoms with Crippen LogP contribution < -0.4 is 0 Å². The van der Waals surface area contributed by atoms with Crippen LogP contribution in [0, 0.1) is 0 Å². The van der Waals surface area contributed by atoms with E-state index in [0.29, 0.717) is 19.0 Å². The third-order valence-electron chi connectivity index (χ3n) is 7.38. The zero-order valence-electron chi connectivity index (χ0n) is 25.2. The summed E-state index contributed by atoms with van der Waals surface area (Å²) in [6.07, 6.45) is 24.8. The lowest BCUT2D eigenvalue weighted by Crippen LogP contribution is -2.18. The summed E-state index contributed by atoms with van der Waals surface area (Å²) >= 11 is 1.49. The van der Waals surface area contributed by atoms with Gasteiger partial charge in [-0.3, -0.25) is 9.97 Å². The molecule has 0 aliphatic heterocycles. The number of H-pyrrole nitrogens is 1.